The first-order valence-corrected chi connectivity index (χ1v) is 7.01. The van der Waals surface area contributed by atoms with Crippen LogP contribution < -0.4 is 10.2 Å². The van der Waals surface area contributed by atoms with Gasteiger partial charge in [-0.3, -0.25) is 4.79 Å². The van der Waals surface area contributed by atoms with Gasteiger partial charge in [-0.25, -0.2) is 9.97 Å². The standard InChI is InChI=1S/C11H16N4O2S/c16-11(17)1-2-12-9-7-10(14-8-13-9)15-3-5-18-6-4-15/h7-8H,1-6H2,(H,16,17)(H,12,13,14). The van der Waals surface area contributed by atoms with Gasteiger partial charge >= 0.3 is 5.97 Å². The molecule has 7 heteroatoms. The number of hydrogen-bond donors (Lipinski definition) is 2. The first kappa shape index (κ1) is 12.9. The SMILES string of the molecule is O=C(O)CCNc1cc(N2CCSCC2)ncn1. The molecule has 0 aliphatic carbocycles. The minimum absolute atomic E-state index is 0.0830. The van der Waals surface area contributed by atoms with E-state index in [1.54, 1.807) is 0 Å². The highest BCUT2D eigenvalue weighted by Gasteiger charge is 2.12. The summed E-state index contributed by atoms with van der Waals surface area (Å²) >= 11 is 1.95. The van der Waals surface area contributed by atoms with Crippen molar-refractivity contribution in [1.29, 1.82) is 0 Å². The van der Waals surface area contributed by atoms with E-state index in [0.717, 1.165) is 30.4 Å². The van der Waals surface area contributed by atoms with Gasteiger partial charge in [0.05, 0.1) is 6.42 Å². The van der Waals surface area contributed by atoms with E-state index in [4.69, 9.17) is 5.11 Å². The van der Waals surface area contributed by atoms with Crippen LogP contribution in [0.3, 0.4) is 0 Å². The Balaban J connectivity index is 1.93. The fourth-order valence-electron chi connectivity index (χ4n) is 1.71. The van der Waals surface area contributed by atoms with E-state index in [1.165, 1.54) is 6.33 Å². The molecule has 0 radical (unpaired) electrons. The third-order valence-corrected chi connectivity index (χ3v) is 3.58. The predicted octanol–water partition coefficient (Wildman–Crippen LogP) is 0.916. The lowest BCUT2D eigenvalue weighted by atomic mass is 10.4. The van der Waals surface area contributed by atoms with E-state index in [0.29, 0.717) is 12.4 Å². The molecule has 1 aromatic rings. The van der Waals surface area contributed by atoms with Crippen LogP contribution in [0, 0.1) is 0 Å². The molecule has 2 rings (SSSR count). The Kier molecular flexibility index (Phi) is 4.63. The molecule has 1 aromatic heterocycles. The number of carboxylic acid groups (broad SMARTS) is 1. The van der Waals surface area contributed by atoms with Gasteiger partial charge in [0.15, 0.2) is 0 Å². The topological polar surface area (TPSA) is 78.4 Å². The number of hydrogen-bond acceptors (Lipinski definition) is 6. The van der Waals surface area contributed by atoms with Gasteiger partial charge in [-0.1, -0.05) is 0 Å². The number of rotatable bonds is 5. The number of nitrogens with one attached hydrogen (secondary N) is 1. The maximum atomic E-state index is 10.4. The Morgan fingerprint density at radius 3 is 2.94 bits per heavy atom. The van der Waals surface area contributed by atoms with Gasteiger partial charge in [-0.15, -0.1) is 0 Å². The summed E-state index contributed by atoms with van der Waals surface area (Å²) in [6, 6.07) is 1.87. The third-order valence-electron chi connectivity index (χ3n) is 2.63. The largest absolute Gasteiger partial charge is 0.481 e. The number of aliphatic carboxylic acids is 1. The van der Waals surface area contributed by atoms with Gasteiger partial charge < -0.3 is 15.3 Å². The molecule has 1 aliphatic heterocycles. The zero-order valence-corrected chi connectivity index (χ0v) is 10.8. The molecule has 0 saturated carbocycles. The van der Waals surface area contributed by atoms with E-state index in [2.05, 4.69) is 20.2 Å². The van der Waals surface area contributed by atoms with Crippen molar-refractivity contribution < 1.29 is 9.90 Å². The minimum Gasteiger partial charge on any atom is -0.481 e. The maximum absolute atomic E-state index is 10.4. The van der Waals surface area contributed by atoms with Crippen molar-refractivity contribution in [3.05, 3.63) is 12.4 Å². The Morgan fingerprint density at radius 1 is 1.44 bits per heavy atom. The summed E-state index contributed by atoms with van der Waals surface area (Å²) in [6.45, 7) is 2.37. The highest BCUT2D eigenvalue weighted by molar-refractivity contribution is 7.99. The zero-order chi connectivity index (χ0) is 12.8. The second-order valence-electron chi connectivity index (χ2n) is 3.93. The van der Waals surface area contributed by atoms with Gasteiger partial charge in [0, 0.05) is 37.2 Å². The number of thioether (sulfide) groups is 1. The molecule has 1 fully saturated rings. The van der Waals surface area contributed by atoms with Crippen LogP contribution >= 0.6 is 11.8 Å². The molecule has 1 aliphatic rings. The summed E-state index contributed by atoms with van der Waals surface area (Å²) in [5.74, 6) is 3.00. The van der Waals surface area contributed by atoms with E-state index in [-0.39, 0.29) is 6.42 Å². The Hall–Kier alpha value is -1.50. The monoisotopic (exact) mass is 268 g/mol. The molecule has 0 atom stereocenters. The Morgan fingerprint density at radius 2 is 2.22 bits per heavy atom. The lowest BCUT2D eigenvalue weighted by Gasteiger charge is -2.27. The average molecular weight is 268 g/mol. The van der Waals surface area contributed by atoms with Crippen molar-refractivity contribution in [2.45, 2.75) is 6.42 Å². The molecule has 0 aromatic carbocycles. The first-order chi connectivity index (χ1) is 8.75. The van der Waals surface area contributed by atoms with Crippen LogP contribution in [0.15, 0.2) is 12.4 Å². The van der Waals surface area contributed by atoms with Gasteiger partial charge in [-0.05, 0) is 0 Å². The smallest absolute Gasteiger partial charge is 0.305 e. The van der Waals surface area contributed by atoms with Crippen molar-refractivity contribution in [3.8, 4) is 0 Å². The molecule has 2 heterocycles. The lowest BCUT2D eigenvalue weighted by Crippen LogP contribution is -2.33. The summed E-state index contributed by atoms with van der Waals surface area (Å²) in [5, 5.41) is 11.6. The van der Waals surface area contributed by atoms with Crippen molar-refractivity contribution >= 4 is 29.4 Å². The quantitative estimate of drug-likeness (QED) is 0.822. The van der Waals surface area contributed by atoms with Gasteiger partial charge in [0.2, 0.25) is 0 Å². The number of aromatic nitrogens is 2. The number of carbonyl (C=O) groups is 1. The lowest BCUT2D eigenvalue weighted by molar-refractivity contribution is -0.136. The van der Waals surface area contributed by atoms with Crippen LogP contribution in [-0.4, -0.2) is 52.2 Å². The molecule has 1 saturated heterocycles. The number of nitrogens with zero attached hydrogens (tertiary/aromatic N) is 3. The van der Waals surface area contributed by atoms with Gasteiger partial charge in [0.1, 0.15) is 18.0 Å². The second kappa shape index (κ2) is 6.44. The van der Waals surface area contributed by atoms with E-state index in [1.807, 2.05) is 17.8 Å². The summed E-state index contributed by atoms with van der Waals surface area (Å²) in [5.41, 5.74) is 0. The summed E-state index contributed by atoms with van der Waals surface area (Å²) < 4.78 is 0. The molecule has 6 nitrogen and oxygen atoms in total. The van der Waals surface area contributed by atoms with E-state index in [9.17, 15) is 4.79 Å². The molecule has 98 valence electrons. The highest BCUT2D eigenvalue weighted by Crippen LogP contribution is 2.18. The third kappa shape index (κ3) is 3.76. The van der Waals surface area contributed by atoms with Crippen LogP contribution in [0.5, 0.6) is 0 Å². The van der Waals surface area contributed by atoms with Crippen LogP contribution in [0.4, 0.5) is 11.6 Å². The predicted molar refractivity (Wildman–Crippen MR) is 72.3 cm³/mol. The van der Waals surface area contributed by atoms with Crippen molar-refractivity contribution in [3.63, 3.8) is 0 Å². The zero-order valence-electron chi connectivity index (χ0n) is 10.0. The van der Waals surface area contributed by atoms with Crippen molar-refractivity contribution in [1.82, 2.24) is 9.97 Å². The molecular formula is C11H16N4O2S. The van der Waals surface area contributed by atoms with Crippen molar-refractivity contribution in [2.75, 3.05) is 41.4 Å². The van der Waals surface area contributed by atoms with Crippen molar-refractivity contribution in [2.24, 2.45) is 0 Å². The average Bonchev–Trinajstić information content (AvgIpc) is 2.40. The molecular weight excluding hydrogens is 252 g/mol. The normalized spacial score (nSPS) is 15.4. The highest BCUT2D eigenvalue weighted by atomic mass is 32.2. The summed E-state index contributed by atoms with van der Waals surface area (Å²) in [6.07, 6.45) is 1.60. The first-order valence-electron chi connectivity index (χ1n) is 5.86. The molecule has 18 heavy (non-hydrogen) atoms. The van der Waals surface area contributed by atoms with Gasteiger partial charge in [-0.2, -0.15) is 11.8 Å². The molecule has 0 amide bonds. The summed E-state index contributed by atoms with van der Waals surface area (Å²) in [4.78, 5) is 21.0. The van der Waals surface area contributed by atoms with E-state index < -0.39 is 5.97 Å². The number of carboxylic acids is 1. The maximum Gasteiger partial charge on any atom is 0.305 e. The van der Waals surface area contributed by atoms with Gasteiger partial charge in [0.25, 0.3) is 0 Å². The minimum atomic E-state index is -0.815. The Bertz CT molecular complexity index is 410. The molecule has 0 spiro atoms. The number of anilines is 2. The molecule has 0 bridgehead atoms. The van der Waals surface area contributed by atoms with Crippen LogP contribution in [0.1, 0.15) is 6.42 Å². The van der Waals surface area contributed by atoms with Crippen LogP contribution in [-0.2, 0) is 4.79 Å². The molecule has 0 unspecified atom stereocenters. The van der Waals surface area contributed by atoms with Crippen LogP contribution in [0.25, 0.3) is 0 Å². The second-order valence-corrected chi connectivity index (χ2v) is 5.16. The van der Waals surface area contributed by atoms with Crippen LogP contribution in [0.2, 0.25) is 0 Å². The van der Waals surface area contributed by atoms with E-state index >= 15 is 0 Å². The molecule has 2 N–H and O–H groups in total. The fourth-order valence-corrected chi connectivity index (χ4v) is 2.61. The Labute approximate surface area is 110 Å². The fraction of sp³-hybridized carbons (Fsp3) is 0.545. The summed E-state index contributed by atoms with van der Waals surface area (Å²) in [7, 11) is 0.